The number of rotatable bonds is 3. The Hall–Kier alpha value is -2.57. The molecule has 0 radical (unpaired) electrons. The van der Waals surface area contributed by atoms with Gasteiger partial charge in [0.05, 0.1) is 5.56 Å². The monoisotopic (exact) mass is 349 g/mol. The molecule has 1 aromatic carbocycles. The third-order valence-corrected chi connectivity index (χ3v) is 4.27. The van der Waals surface area contributed by atoms with E-state index in [4.69, 9.17) is 0 Å². The van der Waals surface area contributed by atoms with Crippen LogP contribution in [0.15, 0.2) is 23.0 Å². The molecular formula is C18H18F3N3O. The molecule has 2 heterocycles. The smallest absolute Gasteiger partial charge is 0.278 e. The summed E-state index contributed by atoms with van der Waals surface area (Å²) >= 11 is 0. The molecule has 0 unspecified atom stereocenters. The summed E-state index contributed by atoms with van der Waals surface area (Å²) in [5, 5.41) is 4.36. The molecule has 0 aliphatic heterocycles. The van der Waals surface area contributed by atoms with Crippen LogP contribution in [0.25, 0.3) is 16.9 Å². The largest absolute Gasteiger partial charge is 0.290 e. The third-order valence-electron chi connectivity index (χ3n) is 4.27. The fourth-order valence-electron chi connectivity index (χ4n) is 3.00. The number of hydrogen-bond acceptors (Lipinski definition) is 2. The normalized spacial score (nSPS) is 11.7. The molecule has 0 amide bonds. The predicted molar refractivity (Wildman–Crippen MR) is 89.3 cm³/mol. The molecule has 3 rings (SSSR count). The van der Waals surface area contributed by atoms with Gasteiger partial charge >= 0.3 is 0 Å². The molecule has 0 saturated heterocycles. The minimum absolute atomic E-state index is 0.0367. The van der Waals surface area contributed by atoms with Crippen molar-refractivity contribution in [1.82, 2.24) is 14.2 Å². The van der Waals surface area contributed by atoms with Gasteiger partial charge in [-0.25, -0.2) is 17.7 Å². The van der Waals surface area contributed by atoms with E-state index in [0.29, 0.717) is 17.3 Å². The van der Waals surface area contributed by atoms with Gasteiger partial charge in [-0.2, -0.15) is 0 Å². The second-order valence-corrected chi connectivity index (χ2v) is 6.28. The van der Waals surface area contributed by atoms with Crippen molar-refractivity contribution in [2.75, 3.05) is 0 Å². The minimum atomic E-state index is -1.29. The zero-order chi connectivity index (χ0) is 18.5. The fourth-order valence-corrected chi connectivity index (χ4v) is 3.00. The van der Waals surface area contributed by atoms with Gasteiger partial charge in [0.15, 0.2) is 17.5 Å². The molecule has 0 aliphatic carbocycles. The van der Waals surface area contributed by atoms with Crippen molar-refractivity contribution in [3.8, 4) is 11.4 Å². The zero-order valence-electron chi connectivity index (χ0n) is 14.4. The first-order valence-corrected chi connectivity index (χ1v) is 8.04. The molecule has 0 fully saturated rings. The first kappa shape index (κ1) is 17.3. The summed E-state index contributed by atoms with van der Waals surface area (Å²) in [5.41, 5.74) is 1.38. The number of halogens is 3. The summed E-state index contributed by atoms with van der Waals surface area (Å²) in [4.78, 5) is 13.0. The molecule has 0 N–H and O–H groups in total. The molecule has 7 heteroatoms. The number of aromatic nitrogens is 3. The number of aryl methyl sites for hydroxylation is 1. The Kier molecular flexibility index (Phi) is 4.18. The van der Waals surface area contributed by atoms with Crippen LogP contribution in [-0.2, 0) is 6.54 Å². The topological polar surface area (TPSA) is 39.3 Å². The van der Waals surface area contributed by atoms with Crippen molar-refractivity contribution in [3.05, 3.63) is 57.3 Å². The lowest BCUT2D eigenvalue weighted by Crippen LogP contribution is -2.26. The van der Waals surface area contributed by atoms with Crippen molar-refractivity contribution in [2.24, 2.45) is 0 Å². The number of fused-ring (bicyclic) bond motifs is 1. The number of hydrogen-bond donors (Lipinski definition) is 0. The first-order valence-electron chi connectivity index (χ1n) is 8.04. The van der Waals surface area contributed by atoms with Crippen molar-refractivity contribution >= 4 is 5.52 Å². The van der Waals surface area contributed by atoms with Gasteiger partial charge in [0.1, 0.15) is 11.3 Å². The van der Waals surface area contributed by atoms with Gasteiger partial charge in [-0.15, -0.1) is 5.10 Å². The van der Waals surface area contributed by atoms with Crippen LogP contribution in [0.4, 0.5) is 13.2 Å². The highest BCUT2D eigenvalue weighted by molar-refractivity contribution is 5.62. The summed E-state index contributed by atoms with van der Waals surface area (Å²) in [5.74, 6) is -3.38. The van der Waals surface area contributed by atoms with E-state index in [9.17, 15) is 18.0 Å². The Balaban J connectivity index is 2.44. The van der Waals surface area contributed by atoms with Gasteiger partial charge in [-0.05, 0) is 37.5 Å². The van der Waals surface area contributed by atoms with E-state index in [2.05, 4.69) is 5.10 Å². The average molecular weight is 349 g/mol. The van der Waals surface area contributed by atoms with E-state index in [1.807, 2.05) is 19.9 Å². The number of nitrogens with zero attached hydrogens (tertiary/aromatic N) is 3. The second-order valence-electron chi connectivity index (χ2n) is 6.28. The Morgan fingerprint density at radius 2 is 1.72 bits per heavy atom. The molecule has 0 saturated carbocycles. The van der Waals surface area contributed by atoms with Crippen LogP contribution in [0.2, 0.25) is 0 Å². The summed E-state index contributed by atoms with van der Waals surface area (Å²) in [7, 11) is 0. The van der Waals surface area contributed by atoms with Gasteiger partial charge < -0.3 is 0 Å². The maximum absolute atomic E-state index is 14.2. The lowest BCUT2D eigenvalue weighted by atomic mass is 10.1. The molecule has 0 bridgehead atoms. The van der Waals surface area contributed by atoms with Gasteiger partial charge in [0, 0.05) is 18.3 Å². The van der Waals surface area contributed by atoms with Crippen molar-refractivity contribution in [1.29, 1.82) is 0 Å². The van der Waals surface area contributed by atoms with Crippen LogP contribution in [-0.4, -0.2) is 14.2 Å². The Bertz CT molecular complexity index is 1030. The zero-order valence-corrected chi connectivity index (χ0v) is 14.4. The third kappa shape index (κ3) is 2.63. The maximum Gasteiger partial charge on any atom is 0.278 e. The first-order chi connectivity index (χ1) is 11.8. The van der Waals surface area contributed by atoms with Crippen molar-refractivity contribution in [2.45, 2.75) is 40.2 Å². The van der Waals surface area contributed by atoms with E-state index in [1.165, 1.54) is 9.08 Å². The Morgan fingerprint density at radius 1 is 1.08 bits per heavy atom. The summed E-state index contributed by atoms with van der Waals surface area (Å²) in [6, 6.07) is 3.05. The Morgan fingerprint density at radius 3 is 2.32 bits per heavy atom. The molecule has 25 heavy (non-hydrogen) atoms. The molecule has 3 aromatic rings. The standard InChI is InChI=1S/C18H18F3N3O/c1-5-23-17(12-7-14(20)15(21)8-13(12)19)22-24-10(4)6-11(9(2)3)16(24)18(23)25/h6-9H,5H2,1-4H3. The maximum atomic E-state index is 14.2. The summed E-state index contributed by atoms with van der Waals surface area (Å²) < 4.78 is 43.8. The van der Waals surface area contributed by atoms with Crippen LogP contribution in [0.5, 0.6) is 0 Å². The van der Waals surface area contributed by atoms with Gasteiger partial charge in [-0.3, -0.25) is 9.36 Å². The highest BCUT2D eigenvalue weighted by Crippen LogP contribution is 2.26. The van der Waals surface area contributed by atoms with Gasteiger partial charge in [0.2, 0.25) is 0 Å². The highest BCUT2D eigenvalue weighted by atomic mass is 19.2. The van der Waals surface area contributed by atoms with Crippen molar-refractivity contribution < 1.29 is 13.2 Å². The quantitative estimate of drug-likeness (QED) is 0.670. The van der Waals surface area contributed by atoms with Crippen LogP contribution in [0.1, 0.15) is 37.9 Å². The van der Waals surface area contributed by atoms with Crippen LogP contribution in [0, 0.1) is 24.4 Å². The van der Waals surface area contributed by atoms with E-state index in [0.717, 1.165) is 11.6 Å². The van der Waals surface area contributed by atoms with Gasteiger partial charge in [-0.1, -0.05) is 13.8 Å². The SMILES string of the molecule is CCn1c(-c2cc(F)c(F)cc2F)nn2c(C)cc(C(C)C)c2c1=O. The molecule has 132 valence electrons. The highest BCUT2D eigenvalue weighted by Gasteiger charge is 2.21. The predicted octanol–water partition coefficient (Wildman–Crippen LogP) is 4.03. The molecule has 2 aromatic heterocycles. The fraction of sp³-hybridized carbons (Fsp3) is 0.333. The molecule has 0 spiro atoms. The molecule has 0 atom stereocenters. The van der Waals surface area contributed by atoms with Crippen molar-refractivity contribution in [3.63, 3.8) is 0 Å². The van der Waals surface area contributed by atoms with Crippen LogP contribution in [0.3, 0.4) is 0 Å². The Labute approximate surface area is 142 Å². The van der Waals surface area contributed by atoms with E-state index in [-0.39, 0.29) is 29.4 Å². The summed E-state index contributed by atoms with van der Waals surface area (Å²) in [6.45, 7) is 7.65. The molecular weight excluding hydrogens is 331 g/mol. The lowest BCUT2D eigenvalue weighted by Gasteiger charge is -2.13. The van der Waals surface area contributed by atoms with E-state index in [1.54, 1.807) is 13.8 Å². The van der Waals surface area contributed by atoms with Crippen LogP contribution < -0.4 is 5.56 Å². The minimum Gasteiger partial charge on any atom is -0.290 e. The second kappa shape index (κ2) is 6.06. The van der Waals surface area contributed by atoms with Crippen LogP contribution >= 0.6 is 0 Å². The lowest BCUT2D eigenvalue weighted by molar-refractivity contribution is 0.495. The molecule has 4 nitrogen and oxygen atoms in total. The number of benzene rings is 1. The molecule has 0 aliphatic rings. The average Bonchev–Trinajstić information content (AvgIpc) is 2.88. The van der Waals surface area contributed by atoms with E-state index < -0.39 is 17.5 Å². The van der Waals surface area contributed by atoms with Gasteiger partial charge in [0.25, 0.3) is 5.56 Å². The van der Waals surface area contributed by atoms with E-state index >= 15 is 0 Å². The summed E-state index contributed by atoms with van der Waals surface area (Å²) in [6.07, 6.45) is 0.